The highest BCUT2D eigenvalue weighted by atomic mass is 35.5. The number of ether oxygens (including phenoxy) is 1. The second kappa shape index (κ2) is 9.01. The van der Waals surface area contributed by atoms with Crippen LogP contribution in [0.5, 0.6) is 5.75 Å². The topological polar surface area (TPSA) is 64.4 Å². The van der Waals surface area contributed by atoms with Crippen molar-refractivity contribution in [2.24, 2.45) is 0 Å². The summed E-state index contributed by atoms with van der Waals surface area (Å²) in [6.07, 6.45) is 2.04. The number of halogens is 1. The summed E-state index contributed by atoms with van der Waals surface area (Å²) in [5.74, 6) is 0.981. The highest BCUT2D eigenvalue weighted by molar-refractivity contribution is 6.30. The minimum atomic E-state index is -0.211. The van der Waals surface area contributed by atoms with Gasteiger partial charge in [0.2, 0.25) is 5.89 Å². The lowest BCUT2D eigenvalue weighted by Gasteiger charge is -2.08. The summed E-state index contributed by atoms with van der Waals surface area (Å²) in [6, 6.07) is 19.8. The molecule has 0 aliphatic heterocycles. The number of hydrogen-bond donors (Lipinski definition) is 1. The molecular formula is C24H21ClN2O3. The lowest BCUT2D eigenvalue weighted by molar-refractivity contribution is 0.102. The smallest absolute Gasteiger partial charge is 0.255 e. The molecule has 0 radical (unpaired) electrons. The number of anilines is 1. The van der Waals surface area contributed by atoms with E-state index in [4.69, 9.17) is 20.8 Å². The average Bonchev–Trinajstić information content (AvgIpc) is 3.18. The maximum Gasteiger partial charge on any atom is 0.255 e. The van der Waals surface area contributed by atoms with Crippen LogP contribution in [0.4, 0.5) is 5.69 Å². The predicted octanol–water partition coefficient (Wildman–Crippen LogP) is 6.58. The first kappa shape index (κ1) is 20.0. The molecule has 0 aliphatic rings. The van der Waals surface area contributed by atoms with Crippen molar-refractivity contribution in [2.45, 2.75) is 19.8 Å². The molecule has 6 heteroatoms. The summed E-state index contributed by atoms with van der Waals surface area (Å²) in [4.78, 5) is 17.2. The number of rotatable bonds is 7. The van der Waals surface area contributed by atoms with Gasteiger partial charge < -0.3 is 14.5 Å². The van der Waals surface area contributed by atoms with Gasteiger partial charge in [0.05, 0.1) is 6.61 Å². The largest absolute Gasteiger partial charge is 0.494 e. The zero-order valence-corrected chi connectivity index (χ0v) is 17.3. The van der Waals surface area contributed by atoms with E-state index in [-0.39, 0.29) is 5.91 Å². The molecule has 1 amide bonds. The van der Waals surface area contributed by atoms with Crippen LogP contribution in [0.1, 0.15) is 30.1 Å². The van der Waals surface area contributed by atoms with E-state index in [9.17, 15) is 4.79 Å². The molecule has 0 unspecified atom stereocenters. The summed E-state index contributed by atoms with van der Waals surface area (Å²) in [5.41, 5.74) is 3.31. The summed E-state index contributed by atoms with van der Waals surface area (Å²) >= 11 is 5.94. The monoisotopic (exact) mass is 420 g/mol. The van der Waals surface area contributed by atoms with E-state index >= 15 is 0 Å². The molecule has 0 bridgehead atoms. The Morgan fingerprint density at radius 2 is 1.93 bits per heavy atom. The SMILES string of the molecule is CCCCOc1cccc(C(=O)Nc2ccc3oc(-c4ccc(Cl)cc4)nc3c2)c1. The Kier molecular flexibility index (Phi) is 6.00. The molecule has 1 heterocycles. The van der Waals surface area contributed by atoms with E-state index in [0.717, 1.165) is 18.4 Å². The number of aromatic nitrogens is 1. The standard InChI is InChI=1S/C24H21ClN2O3/c1-2-3-13-29-20-6-4-5-17(14-20)23(28)26-19-11-12-22-21(15-19)27-24(30-22)16-7-9-18(25)10-8-16/h4-12,14-15H,2-3,13H2,1H3,(H,26,28). The van der Waals surface area contributed by atoms with Crippen molar-refractivity contribution in [3.05, 3.63) is 77.3 Å². The first-order valence-corrected chi connectivity index (χ1v) is 10.2. The van der Waals surface area contributed by atoms with E-state index in [0.29, 0.717) is 45.6 Å². The molecule has 5 nitrogen and oxygen atoms in total. The van der Waals surface area contributed by atoms with Crippen LogP contribution in [-0.2, 0) is 0 Å². The molecule has 3 aromatic carbocycles. The highest BCUT2D eigenvalue weighted by Gasteiger charge is 2.11. The molecule has 30 heavy (non-hydrogen) atoms. The number of unbranched alkanes of at least 4 members (excludes halogenated alkanes) is 1. The summed E-state index contributed by atoms with van der Waals surface area (Å²) in [6.45, 7) is 2.75. The fraction of sp³-hybridized carbons (Fsp3) is 0.167. The molecule has 0 fully saturated rings. The Labute approximate surface area is 179 Å². The Hall–Kier alpha value is -3.31. The van der Waals surface area contributed by atoms with Gasteiger partial charge in [0.25, 0.3) is 5.91 Å². The molecule has 0 saturated carbocycles. The quantitative estimate of drug-likeness (QED) is 0.343. The predicted molar refractivity (Wildman–Crippen MR) is 119 cm³/mol. The van der Waals surface area contributed by atoms with Crippen molar-refractivity contribution in [1.82, 2.24) is 4.98 Å². The van der Waals surface area contributed by atoms with Gasteiger partial charge in [-0.15, -0.1) is 0 Å². The van der Waals surface area contributed by atoms with Gasteiger partial charge in [0.1, 0.15) is 11.3 Å². The van der Waals surface area contributed by atoms with Crippen LogP contribution in [0.2, 0.25) is 5.02 Å². The van der Waals surface area contributed by atoms with Gasteiger partial charge in [-0.2, -0.15) is 0 Å². The van der Waals surface area contributed by atoms with Gasteiger partial charge in [-0.3, -0.25) is 4.79 Å². The second-order valence-electron chi connectivity index (χ2n) is 6.89. The van der Waals surface area contributed by atoms with Gasteiger partial charge in [0, 0.05) is 21.8 Å². The number of hydrogen-bond acceptors (Lipinski definition) is 4. The van der Waals surface area contributed by atoms with Crippen LogP contribution in [0.25, 0.3) is 22.6 Å². The van der Waals surface area contributed by atoms with Crippen molar-refractivity contribution in [3.63, 3.8) is 0 Å². The van der Waals surface area contributed by atoms with E-state index in [1.54, 1.807) is 42.5 Å². The van der Waals surface area contributed by atoms with Crippen LogP contribution in [0.15, 0.2) is 71.1 Å². The first-order chi connectivity index (χ1) is 14.6. The minimum Gasteiger partial charge on any atom is -0.494 e. The van der Waals surface area contributed by atoms with E-state index in [1.807, 2.05) is 24.3 Å². The van der Waals surface area contributed by atoms with Gasteiger partial charge >= 0.3 is 0 Å². The normalized spacial score (nSPS) is 10.9. The molecule has 1 N–H and O–H groups in total. The summed E-state index contributed by atoms with van der Waals surface area (Å²) in [7, 11) is 0. The van der Waals surface area contributed by atoms with Gasteiger partial charge in [-0.25, -0.2) is 4.98 Å². The summed E-state index contributed by atoms with van der Waals surface area (Å²) < 4.78 is 11.5. The third kappa shape index (κ3) is 4.63. The first-order valence-electron chi connectivity index (χ1n) is 9.83. The van der Waals surface area contributed by atoms with E-state index in [2.05, 4.69) is 17.2 Å². The lowest BCUT2D eigenvalue weighted by atomic mass is 10.2. The van der Waals surface area contributed by atoms with Crippen LogP contribution < -0.4 is 10.1 Å². The molecule has 4 rings (SSSR count). The number of benzene rings is 3. The second-order valence-corrected chi connectivity index (χ2v) is 7.33. The van der Waals surface area contributed by atoms with Gasteiger partial charge in [0.15, 0.2) is 5.58 Å². The van der Waals surface area contributed by atoms with Gasteiger partial charge in [-0.05, 0) is 67.1 Å². The Morgan fingerprint density at radius 3 is 2.73 bits per heavy atom. The van der Waals surface area contributed by atoms with Crippen molar-refractivity contribution in [2.75, 3.05) is 11.9 Å². The molecular weight excluding hydrogens is 400 g/mol. The number of fused-ring (bicyclic) bond motifs is 1. The van der Waals surface area contributed by atoms with E-state index in [1.165, 1.54) is 0 Å². The lowest BCUT2D eigenvalue weighted by Crippen LogP contribution is -2.12. The van der Waals surface area contributed by atoms with Crippen LogP contribution in [0, 0.1) is 0 Å². The summed E-state index contributed by atoms with van der Waals surface area (Å²) in [5, 5.41) is 3.56. The molecule has 0 aliphatic carbocycles. The maximum absolute atomic E-state index is 12.7. The number of nitrogens with one attached hydrogen (secondary N) is 1. The van der Waals surface area contributed by atoms with Crippen molar-refractivity contribution in [3.8, 4) is 17.2 Å². The fourth-order valence-electron chi connectivity index (χ4n) is 2.99. The zero-order chi connectivity index (χ0) is 20.9. The number of amides is 1. The molecule has 4 aromatic rings. The Bertz CT molecular complexity index is 1170. The average molecular weight is 421 g/mol. The number of carbonyl (C=O) groups is 1. The van der Waals surface area contributed by atoms with Gasteiger partial charge in [-0.1, -0.05) is 31.0 Å². The minimum absolute atomic E-state index is 0.211. The Balaban J connectivity index is 1.50. The van der Waals surface area contributed by atoms with Crippen LogP contribution >= 0.6 is 11.6 Å². The van der Waals surface area contributed by atoms with Crippen molar-refractivity contribution in [1.29, 1.82) is 0 Å². The highest BCUT2D eigenvalue weighted by Crippen LogP contribution is 2.27. The maximum atomic E-state index is 12.7. The van der Waals surface area contributed by atoms with E-state index < -0.39 is 0 Å². The zero-order valence-electron chi connectivity index (χ0n) is 16.5. The number of carbonyl (C=O) groups excluding carboxylic acids is 1. The van der Waals surface area contributed by atoms with Crippen molar-refractivity contribution >= 4 is 34.3 Å². The molecule has 152 valence electrons. The van der Waals surface area contributed by atoms with Crippen molar-refractivity contribution < 1.29 is 13.9 Å². The number of oxazole rings is 1. The molecule has 0 spiro atoms. The third-order valence-electron chi connectivity index (χ3n) is 4.60. The Morgan fingerprint density at radius 1 is 1.10 bits per heavy atom. The van der Waals surface area contributed by atoms with Crippen LogP contribution in [-0.4, -0.2) is 17.5 Å². The molecule has 0 saturated heterocycles. The molecule has 1 aromatic heterocycles. The fourth-order valence-corrected chi connectivity index (χ4v) is 3.11. The number of nitrogens with zero attached hydrogens (tertiary/aromatic N) is 1. The molecule has 0 atom stereocenters. The van der Waals surface area contributed by atoms with Crippen LogP contribution in [0.3, 0.4) is 0 Å². The third-order valence-corrected chi connectivity index (χ3v) is 4.85.